The van der Waals surface area contributed by atoms with Gasteiger partial charge in [-0.05, 0) is 85.5 Å². The summed E-state index contributed by atoms with van der Waals surface area (Å²) in [5, 5.41) is 9.83. The lowest BCUT2D eigenvalue weighted by atomic mass is 9.47. The standard InChI is InChI=1S/C27H35NO4/c1-26-14-12-21-19(20(26)9-10-22(26)25(30)31)8-11-23-27(21,2)15-13-24(29)28(23)16-17-4-6-18(32-3)7-5-17/h4-7,13,15,19-23H,8-12,14,16H2,1-3H3,(H,30,31)/t19-,20-,21+,22?,23?,26-,27+/m0/s1. The zero-order valence-electron chi connectivity index (χ0n) is 19.4. The molecule has 172 valence electrons. The van der Waals surface area contributed by atoms with E-state index in [4.69, 9.17) is 4.74 Å². The van der Waals surface area contributed by atoms with Gasteiger partial charge in [0.05, 0.1) is 13.0 Å². The molecule has 3 aliphatic carbocycles. The Morgan fingerprint density at radius 3 is 2.53 bits per heavy atom. The predicted octanol–water partition coefficient (Wildman–Crippen LogP) is 4.91. The summed E-state index contributed by atoms with van der Waals surface area (Å²) in [6.45, 7) is 5.21. The van der Waals surface area contributed by atoms with Gasteiger partial charge in [-0.2, -0.15) is 0 Å². The Kier molecular flexibility index (Phi) is 5.14. The number of benzene rings is 1. The summed E-state index contributed by atoms with van der Waals surface area (Å²) in [5.74, 6) is 1.67. The third-order valence-corrected chi connectivity index (χ3v) is 9.78. The van der Waals surface area contributed by atoms with Gasteiger partial charge in [0.25, 0.3) is 0 Å². The van der Waals surface area contributed by atoms with Crippen molar-refractivity contribution < 1.29 is 19.4 Å². The average molecular weight is 438 g/mol. The topological polar surface area (TPSA) is 66.8 Å². The number of ether oxygens (including phenoxy) is 1. The third-order valence-electron chi connectivity index (χ3n) is 9.78. The van der Waals surface area contributed by atoms with E-state index in [0.717, 1.165) is 49.8 Å². The minimum atomic E-state index is -0.609. The summed E-state index contributed by atoms with van der Waals surface area (Å²) in [5.41, 5.74) is 0.995. The van der Waals surface area contributed by atoms with Crippen LogP contribution in [0.5, 0.6) is 5.75 Å². The lowest BCUT2D eigenvalue weighted by Gasteiger charge is -2.60. The first-order valence-electron chi connectivity index (χ1n) is 12.1. The van der Waals surface area contributed by atoms with E-state index in [9.17, 15) is 14.7 Å². The molecule has 1 aliphatic heterocycles. The molecule has 0 spiro atoms. The Morgan fingerprint density at radius 1 is 1.09 bits per heavy atom. The quantitative estimate of drug-likeness (QED) is 0.727. The van der Waals surface area contributed by atoms with E-state index in [1.54, 1.807) is 13.2 Å². The van der Waals surface area contributed by atoms with Gasteiger partial charge in [0.1, 0.15) is 5.75 Å². The number of methoxy groups -OCH3 is 1. The first kappa shape index (κ1) is 21.5. The molecule has 1 heterocycles. The molecule has 3 saturated carbocycles. The van der Waals surface area contributed by atoms with Crippen LogP contribution in [0.4, 0.5) is 0 Å². The molecule has 0 saturated heterocycles. The zero-order chi connectivity index (χ0) is 22.7. The Bertz CT molecular complexity index is 939. The van der Waals surface area contributed by atoms with Crippen molar-refractivity contribution in [2.24, 2.45) is 34.5 Å². The number of nitrogens with zero attached hydrogens (tertiary/aromatic N) is 1. The van der Waals surface area contributed by atoms with Gasteiger partial charge < -0.3 is 14.7 Å². The highest BCUT2D eigenvalue weighted by molar-refractivity contribution is 5.89. The Morgan fingerprint density at radius 2 is 1.84 bits per heavy atom. The van der Waals surface area contributed by atoms with Crippen molar-refractivity contribution in [3.8, 4) is 5.75 Å². The molecule has 32 heavy (non-hydrogen) atoms. The first-order chi connectivity index (χ1) is 15.3. The van der Waals surface area contributed by atoms with Crippen LogP contribution in [0.3, 0.4) is 0 Å². The van der Waals surface area contributed by atoms with Crippen molar-refractivity contribution in [2.75, 3.05) is 7.11 Å². The lowest BCUT2D eigenvalue weighted by molar-refractivity contribution is -0.153. The second-order valence-electron chi connectivity index (χ2n) is 11.0. The smallest absolute Gasteiger partial charge is 0.307 e. The van der Waals surface area contributed by atoms with Crippen LogP contribution < -0.4 is 4.74 Å². The molecule has 1 amide bonds. The minimum absolute atomic E-state index is 0.0497. The Labute approximate surface area is 190 Å². The van der Waals surface area contributed by atoms with Crippen LogP contribution >= 0.6 is 0 Å². The maximum atomic E-state index is 13.0. The van der Waals surface area contributed by atoms with Crippen LogP contribution in [0.15, 0.2) is 36.4 Å². The molecule has 1 aromatic rings. The number of carbonyl (C=O) groups is 2. The SMILES string of the molecule is COc1ccc(CN2C(=O)C=C[C@@]3(C)C2CC[C@@H]2[C@H]3CC[C@]3(C)C(C(=O)O)CC[C@@H]23)cc1. The largest absolute Gasteiger partial charge is 0.497 e. The van der Waals surface area contributed by atoms with E-state index in [0.29, 0.717) is 24.3 Å². The van der Waals surface area contributed by atoms with E-state index in [-0.39, 0.29) is 28.7 Å². The molecule has 0 bridgehead atoms. The summed E-state index contributed by atoms with van der Waals surface area (Å²) >= 11 is 0. The number of fused-ring (bicyclic) bond motifs is 5. The molecule has 5 nitrogen and oxygen atoms in total. The molecule has 1 aromatic carbocycles. The van der Waals surface area contributed by atoms with Crippen LogP contribution in [0, 0.1) is 34.5 Å². The molecule has 2 unspecified atom stereocenters. The molecule has 5 heteroatoms. The number of carboxylic acids is 1. The monoisotopic (exact) mass is 437 g/mol. The summed E-state index contributed by atoms with van der Waals surface area (Å²) in [6, 6.07) is 8.20. The Balaban J connectivity index is 1.41. The maximum absolute atomic E-state index is 13.0. The number of rotatable bonds is 4. The number of amides is 1. The van der Waals surface area contributed by atoms with Gasteiger partial charge in [0, 0.05) is 18.0 Å². The Hall–Kier alpha value is -2.30. The van der Waals surface area contributed by atoms with Gasteiger partial charge in [0.2, 0.25) is 5.91 Å². The molecular weight excluding hydrogens is 402 g/mol. The van der Waals surface area contributed by atoms with E-state index in [2.05, 4.69) is 24.8 Å². The fourth-order valence-electron chi connectivity index (χ4n) is 8.12. The molecular formula is C27H35NO4. The summed E-state index contributed by atoms with van der Waals surface area (Å²) < 4.78 is 5.28. The van der Waals surface area contributed by atoms with Gasteiger partial charge in [-0.1, -0.05) is 32.1 Å². The predicted molar refractivity (Wildman–Crippen MR) is 122 cm³/mol. The van der Waals surface area contributed by atoms with Crippen molar-refractivity contribution in [3.05, 3.63) is 42.0 Å². The van der Waals surface area contributed by atoms with Crippen LogP contribution in [0.25, 0.3) is 0 Å². The van der Waals surface area contributed by atoms with Crippen molar-refractivity contribution >= 4 is 11.9 Å². The van der Waals surface area contributed by atoms with Crippen molar-refractivity contribution in [3.63, 3.8) is 0 Å². The fourth-order valence-corrected chi connectivity index (χ4v) is 8.12. The summed E-state index contributed by atoms with van der Waals surface area (Å²) in [4.78, 5) is 27.0. The second-order valence-corrected chi connectivity index (χ2v) is 11.0. The van der Waals surface area contributed by atoms with Gasteiger partial charge in [-0.15, -0.1) is 0 Å². The normalized spacial score (nSPS) is 40.4. The fraction of sp³-hybridized carbons (Fsp3) is 0.630. The molecule has 4 aliphatic rings. The van der Waals surface area contributed by atoms with Gasteiger partial charge in [0.15, 0.2) is 0 Å². The van der Waals surface area contributed by atoms with E-state index in [1.807, 2.05) is 24.3 Å². The van der Waals surface area contributed by atoms with E-state index < -0.39 is 5.97 Å². The lowest BCUT2D eigenvalue weighted by Crippen LogP contribution is -2.60. The van der Waals surface area contributed by atoms with E-state index in [1.165, 1.54) is 0 Å². The van der Waals surface area contributed by atoms with Gasteiger partial charge >= 0.3 is 5.97 Å². The number of hydrogen-bond acceptors (Lipinski definition) is 3. The van der Waals surface area contributed by atoms with Crippen molar-refractivity contribution in [1.82, 2.24) is 4.90 Å². The third kappa shape index (κ3) is 3.11. The molecule has 0 radical (unpaired) electrons. The number of carbonyl (C=O) groups excluding carboxylic acids is 1. The van der Waals surface area contributed by atoms with Gasteiger partial charge in [-0.25, -0.2) is 0 Å². The number of aliphatic carboxylic acids is 1. The van der Waals surface area contributed by atoms with Crippen LogP contribution in [0.2, 0.25) is 0 Å². The highest BCUT2D eigenvalue weighted by Crippen LogP contribution is 2.65. The van der Waals surface area contributed by atoms with Crippen molar-refractivity contribution in [1.29, 1.82) is 0 Å². The van der Waals surface area contributed by atoms with Crippen LogP contribution in [-0.4, -0.2) is 35.0 Å². The molecule has 3 fully saturated rings. The maximum Gasteiger partial charge on any atom is 0.307 e. The summed E-state index contributed by atoms with van der Waals surface area (Å²) in [6.07, 6.45) is 9.98. The molecule has 5 rings (SSSR count). The molecule has 7 atom stereocenters. The highest BCUT2D eigenvalue weighted by atomic mass is 16.5. The van der Waals surface area contributed by atoms with Crippen molar-refractivity contribution in [2.45, 2.75) is 65.0 Å². The van der Waals surface area contributed by atoms with E-state index >= 15 is 0 Å². The minimum Gasteiger partial charge on any atom is -0.497 e. The first-order valence-corrected chi connectivity index (χ1v) is 12.1. The van der Waals surface area contributed by atoms with Crippen LogP contribution in [-0.2, 0) is 16.1 Å². The zero-order valence-corrected chi connectivity index (χ0v) is 19.4. The average Bonchev–Trinajstić information content (AvgIpc) is 3.14. The van der Waals surface area contributed by atoms with Gasteiger partial charge in [-0.3, -0.25) is 9.59 Å². The molecule has 1 N–H and O–H groups in total. The van der Waals surface area contributed by atoms with Crippen LogP contribution in [0.1, 0.15) is 57.9 Å². The second kappa shape index (κ2) is 7.64. The number of carboxylic acid groups (broad SMARTS) is 1. The summed E-state index contributed by atoms with van der Waals surface area (Å²) in [7, 11) is 1.66. The molecule has 0 aromatic heterocycles. The highest BCUT2D eigenvalue weighted by Gasteiger charge is 2.61. The number of hydrogen-bond donors (Lipinski definition) is 1.